The average molecular weight is 258 g/mol. The Morgan fingerprint density at radius 3 is 2.11 bits per heavy atom. The number of hydrogen-bond acceptors (Lipinski definition) is 6. The minimum absolute atomic E-state index is 0.0917. The monoisotopic (exact) mass is 258 g/mol. The fraction of sp³-hybridized carbons (Fsp3) is 0.538. The number of anilines is 2. The van der Waals surface area contributed by atoms with Crippen molar-refractivity contribution in [2.75, 3.05) is 23.7 Å². The molecule has 1 aromatic heterocycles. The Morgan fingerprint density at radius 2 is 1.68 bits per heavy atom. The Labute approximate surface area is 113 Å². The number of nitrogen functional groups attached to an aromatic ring is 1. The summed E-state index contributed by atoms with van der Waals surface area (Å²) in [6.07, 6.45) is 0. The van der Waals surface area contributed by atoms with E-state index in [2.05, 4.69) is 9.97 Å². The van der Waals surface area contributed by atoms with E-state index >= 15 is 0 Å². The minimum Gasteiger partial charge on any atom is -0.383 e. The van der Waals surface area contributed by atoms with Crippen LogP contribution in [0.15, 0.2) is 0 Å². The van der Waals surface area contributed by atoms with E-state index in [4.69, 9.17) is 16.3 Å². The molecule has 0 atom stereocenters. The van der Waals surface area contributed by atoms with E-state index in [0.717, 1.165) is 0 Å². The molecule has 1 heterocycles. The Hall–Kier alpha value is -2.34. The summed E-state index contributed by atoms with van der Waals surface area (Å²) in [6.45, 7) is 7.93. The number of hydrogen-bond donors (Lipinski definition) is 1. The first-order valence-electron chi connectivity index (χ1n) is 5.94. The van der Waals surface area contributed by atoms with Crippen LogP contribution in [0.5, 0.6) is 0 Å². The van der Waals surface area contributed by atoms with Crippen molar-refractivity contribution in [1.29, 1.82) is 10.5 Å². The summed E-state index contributed by atoms with van der Waals surface area (Å²) in [4.78, 5) is 10.4. The second kappa shape index (κ2) is 5.53. The van der Waals surface area contributed by atoms with Crippen molar-refractivity contribution in [3.05, 3.63) is 11.4 Å². The third kappa shape index (κ3) is 3.32. The fourth-order valence-corrected chi connectivity index (χ4v) is 1.54. The third-order valence-electron chi connectivity index (χ3n) is 2.65. The van der Waals surface area contributed by atoms with Crippen LogP contribution in [0.3, 0.4) is 0 Å². The van der Waals surface area contributed by atoms with E-state index in [-0.39, 0.29) is 18.5 Å². The molecule has 0 unspecified atom stereocenters. The molecule has 0 aliphatic heterocycles. The lowest BCUT2D eigenvalue weighted by atomic mass is 9.95. The quantitative estimate of drug-likeness (QED) is 0.824. The molecule has 0 spiro atoms. The van der Waals surface area contributed by atoms with Gasteiger partial charge in [0.2, 0.25) is 0 Å². The maximum Gasteiger partial charge on any atom is 0.139 e. The molecule has 0 aliphatic carbocycles. The first-order valence-corrected chi connectivity index (χ1v) is 5.94. The van der Waals surface area contributed by atoms with Gasteiger partial charge in [-0.15, -0.1) is 0 Å². The zero-order chi connectivity index (χ0) is 14.6. The van der Waals surface area contributed by atoms with Crippen LogP contribution in [0.25, 0.3) is 0 Å². The van der Waals surface area contributed by atoms with Gasteiger partial charge in [0.15, 0.2) is 0 Å². The summed E-state index contributed by atoms with van der Waals surface area (Å²) >= 11 is 0. The smallest absolute Gasteiger partial charge is 0.139 e. The van der Waals surface area contributed by atoms with Gasteiger partial charge in [0.25, 0.3) is 0 Å². The topological polar surface area (TPSA) is 103 Å². The van der Waals surface area contributed by atoms with Crippen LogP contribution >= 0.6 is 0 Å². The molecule has 0 amide bonds. The number of nitriles is 2. The molecule has 0 aromatic carbocycles. The van der Waals surface area contributed by atoms with Crippen LogP contribution in [0, 0.1) is 29.6 Å². The standard InChI is InChI=1S/C13H18N6/c1-9-10(16)17-12(13(2,3)4)18-11(9)19(7-5-14)8-6-15/h7-8H2,1-4H3,(H2,16,17,18). The molecule has 0 radical (unpaired) electrons. The molecule has 0 saturated heterocycles. The van der Waals surface area contributed by atoms with Crippen LogP contribution in [-0.4, -0.2) is 23.1 Å². The summed E-state index contributed by atoms with van der Waals surface area (Å²) in [5, 5.41) is 17.7. The molecule has 0 saturated carbocycles. The fourth-order valence-electron chi connectivity index (χ4n) is 1.54. The van der Waals surface area contributed by atoms with Crippen molar-refractivity contribution < 1.29 is 0 Å². The molecular formula is C13H18N6. The maximum atomic E-state index is 8.84. The predicted octanol–water partition coefficient (Wildman–Crippen LogP) is 1.52. The molecule has 1 aromatic rings. The maximum absolute atomic E-state index is 8.84. The normalized spacial score (nSPS) is 10.6. The van der Waals surface area contributed by atoms with Crippen molar-refractivity contribution in [2.24, 2.45) is 0 Å². The molecule has 0 fully saturated rings. The van der Waals surface area contributed by atoms with Crippen LogP contribution < -0.4 is 10.6 Å². The van der Waals surface area contributed by atoms with Crippen molar-refractivity contribution in [3.63, 3.8) is 0 Å². The minimum atomic E-state index is -0.248. The van der Waals surface area contributed by atoms with Gasteiger partial charge in [-0.1, -0.05) is 20.8 Å². The highest BCUT2D eigenvalue weighted by Crippen LogP contribution is 2.26. The summed E-state index contributed by atoms with van der Waals surface area (Å²) in [7, 11) is 0. The summed E-state index contributed by atoms with van der Waals surface area (Å²) in [5.74, 6) is 1.54. The number of nitrogens with zero attached hydrogens (tertiary/aromatic N) is 5. The highest BCUT2D eigenvalue weighted by atomic mass is 15.2. The molecule has 0 aliphatic rings. The average Bonchev–Trinajstić information content (AvgIpc) is 2.31. The van der Waals surface area contributed by atoms with E-state index in [1.807, 2.05) is 32.9 Å². The summed E-state index contributed by atoms with van der Waals surface area (Å²) in [6, 6.07) is 4.06. The Bertz CT molecular complexity index is 528. The van der Waals surface area contributed by atoms with Gasteiger partial charge >= 0.3 is 0 Å². The van der Waals surface area contributed by atoms with Crippen molar-refractivity contribution in [3.8, 4) is 12.1 Å². The third-order valence-corrected chi connectivity index (χ3v) is 2.65. The lowest BCUT2D eigenvalue weighted by Crippen LogP contribution is -2.28. The first kappa shape index (κ1) is 14.7. The van der Waals surface area contributed by atoms with Gasteiger partial charge in [-0.3, -0.25) is 0 Å². The van der Waals surface area contributed by atoms with Gasteiger partial charge in [0.1, 0.15) is 30.5 Å². The molecule has 6 heteroatoms. The van der Waals surface area contributed by atoms with Crippen LogP contribution in [-0.2, 0) is 5.41 Å². The van der Waals surface area contributed by atoms with Crippen molar-refractivity contribution in [2.45, 2.75) is 33.1 Å². The zero-order valence-electron chi connectivity index (χ0n) is 11.7. The number of rotatable bonds is 3. The Balaban J connectivity index is 3.37. The summed E-state index contributed by atoms with van der Waals surface area (Å²) < 4.78 is 0. The van der Waals surface area contributed by atoms with Crippen molar-refractivity contribution in [1.82, 2.24) is 9.97 Å². The predicted molar refractivity (Wildman–Crippen MR) is 73.3 cm³/mol. The van der Waals surface area contributed by atoms with Crippen LogP contribution in [0.2, 0.25) is 0 Å². The highest BCUT2D eigenvalue weighted by Gasteiger charge is 2.22. The van der Waals surface area contributed by atoms with E-state index in [1.54, 1.807) is 11.8 Å². The van der Waals surface area contributed by atoms with Gasteiger partial charge < -0.3 is 10.6 Å². The molecule has 19 heavy (non-hydrogen) atoms. The first-order chi connectivity index (χ1) is 8.81. The van der Waals surface area contributed by atoms with E-state index in [0.29, 0.717) is 23.0 Å². The lowest BCUT2D eigenvalue weighted by molar-refractivity contribution is 0.545. The zero-order valence-corrected chi connectivity index (χ0v) is 11.7. The lowest BCUT2D eigenvalue weighted by Gasteiger charge is -2.24. The second-order valence-electron chi connectivity index (χ2n) is 5.30. The van der Waals surface area contributed by atoms with E-state index < -0.39 is 0 Å². The molecule has 6 nitrogen and oxygen atoms in total. The van der Waals surface area contributed by atoms with Crippen molar-refractivity contribution >= 4 is 11.6 Å². The molecular weight excluding hydrogens is 240 g/mol. The van der Waals surface area contributed by atoms with E-state index in [9.17, 15) is 0 Å². The van der Waals surface area contributed by atoms with E-state index in [1.165, 1.54) is 0 Å². The molecule has 100 valence electrons. The highest BCUT2D eigenvalue weighted by molar-refractivity contribution is 5.57. The van der Waals surface area contributed by atoms with Gasteiger partial charge in [0.05, 0.1) is 12.1 Å². The largest absolute Gasteiger partial charge is 0.383 e. The number of nitrogens with two attached hydrogens (primary N) is 1. The Morgan fingerprint density at radius 1 is 1.16 bits per heavy atom. The second-order valence-corrected chi connectivity index (χ2v) is 5.30. The van der Waals surface area contributed by atoms with Gasteiger partial charge in [-0.25, -0.2) is 9.97 Å². The number of aromatic nitrogens is 2. The SMILES string of the molecule is Cc1c(N)nc(C(C)(C)C)nc1N(CC#N)CC#N. The molecule has 0 bridgehead atoms. The van der Waals surface area contributed by atoms with Gasteiger partial charge in [0, 0.05) is 11.0 Å². The van der Waals surface area contributed by atoms with Gasteiger partial charge in [-0.05, 0) is 6.92 Å². The Kier molecular flexibility index (Phi) is 4.29. The van der Waals surface area contributed by atoms with Crippen LogP contribution in [0.1, 0.15) is 32.2 Å². The van der Waals surface area contributed by atoms with Crippen LogP contribution in [0.4, 0.5) is 11.6 Å². The molecule has 1 rings (SSSR count). The van der Waals surface area contributed by atoms with Gasteiger partial charge in [-0.2, -0.15) is 10.5 Å². The molecule has 2 N–H and O–H groups in total. The summed E-state index contributed by atoms with van der Waals surface area (Å²) in [5.41, 5.74) is 6.35.